The predicted molar refractivity (Wildman–Crippen MR) is 83.4 cm³/mol. The molecule has 0 bridgehead atoms. The molecule has 4 heteroatoms. The molecule has 0 aromatic heterocycles. The van der Waals surface area contributed by atoms with Gasteiger partial charge in [0.25, 0.3) is 0 Å². The fraction of sp³-hybridized carbons (Fsp3) is 0.143. The van der Waals surface area contributed by atoms with Gasteiger partial charge in [-0.2, -0.15) is 0 Å². The highest BCUT2D eigenvalue weighted by atomic mass is 79.9. The zero-order chi connectivity index (χ0) is 13.3. The quantitative estimate of drug-likeness (QED) is 0.538. The summed E-state index contributed by atoms with van der Waals surface area (Å²) in [5, 5.41) is 2.09. The summed E-state index contributed by atoms with van der Waals surface area (Å²) in [6, 6.07) is 11.4. The van der Waals surface area contributed by atoms with Gasteiger partial charge in [0.1, 0.15) is 0 Å². The zero-order valence-electron chi connectivity index (χ0n) is 9.55. The molecule has 0 nitrogen and oxygen atoms in total. The molecule has 2 aromatic carbocycles. The standard InChI is InChI=1S/C14H10BrCl3/c1-8-2-3-9(6-13(8)18)14(15)11-7-10(16)4-5-12(11)17/h2-7,14H,1H3. The van der Waals surface area contributed by atoms with Crippen LogP contribution in [0.5, 0.6) is 0 Å². The van der Waals surface area contributed by atoms with E-state index in [2.05, 4.69) is 15.9 Å². The van der Waals surface area contributed by atoms with E-state index < -0.39 is 0 Å². The van der Waals surface area contributed by atoms with Crippen molar-refractivity contribution in [3.63, 3.8) is 0 Å². The first-order valence-corrected chi connectivity index (χ1v) is 7.39. The number of halogens is 4. The number of aryl methyl sites for hydroxylation is 1. The second-order valence-corrected chi connectivity index (χ2v) is 6.20. The van der Waals surface area contributed by atoms with Crippen molar-refractivity contribution in [1.82, 2.24) is 0 Å². The summed E-state index contributed by atoms with van der Waals surface area (Å²) >= 11 is 22.0. The minimum Gasteiger partial charge on any atom is -0.0843 e. The summed E-state index contributed by atoms with van der Waals surface area (Å²) < 4.78 is 0. The Hall–Kier alpha value is -0.210. The van der Waals surface area contributed by atoms with Crippen molar-refractivity contribution in [2.45, 2.75) is 11.8 Å². The molecule has 0 aliphatic carbocycles. The zero-order valence-corrected chi connectivity index (χ0v) is 13.4. The van der Waals surface area contributed by atoms with Gasteiger partial charge in [0.15, 0.2) is 0 Å². The molecule has 0 saturated carbocycles. The maximum Gasteiger partial charge on any atom is 0.0660 e. The molecule has 0 heterocycles. The fourth-order valence-corrected chi connectivity index (χ4v) is 3.05. The van der Waals surface area contributed by atoms with Crippen LogP contribution in [0, 0.1) is 6.92 Å². The second-order valence-electron chi connectivity index (χ2n) is 4.04. The van der Waals surface area contributed by atoms with E-state index in [4.69, 9.17) is 34.8 Å². The predicted octanol–water partition coefficient (Wildman–Crippen LogP) is 6.44. The first-order chi connectivity index (χ1) is 8.49. The molecule has 0 radical (unpaired) electrons. The maximum atomic E-state index is 6.19. The summed E-state index contributed by atoms with van der Waals surface area (Å²) in [6.07, 6.45) is 0. The lowest BCUT2D eigenvalue weighted by Crippen LogP contribution is -1.94. The van der Waals surface area contributed by atoms with E-state index in [1.54, 1.807) is 12.1 Å². The van der Waals surface area contributed by atoms with Gasteiger partial charge < -0.3 is 0 Å². The monoisotopic (exact) mass is 362 g/mol. The van der Waals surface area contributed by atoms with Crippen LogP contribution in [-0.4, -0.2) is 0 Å². The minimum absolute atomic E-state index is 0.0261. The third kappa shape index (κ3) is 3.03. The number of alkyl halides is 1. The maximum absolute atomic E-state index is 6.19. The topological polar surface area (TPSA) is 0 Å². The molecular weight excluding hydrogens is 354 g/mol. The van der Waals surface area contributed by atoms with Gasteiger partial charge in [-0.1, -0.05) is 62.9 Å². The summed E-state index contributed by atoms with van der Waals surface area (Å²) in [7, 11) is 0. The number of rotatable bonds is 2. The summed E-state index contributed by atoms with van der Waals surface area (Å²) in [6.45, 7) is 1.97. The van der Waals surface area contributed by atoms with Gasteiger partial charge in [-0.05, 0) is 47.9 Å². The van der Waals surface area contributed by atoms with Crippen molar-refractivity contribution in [1.29, 1.82) is 0 Å². The Balaban J connectivity index is 2.44. The number of hydrogen-bond acceptors (Lipinski definition) is 0. The highest BCUT2D eigenvalue weighted by Crippen LogP contribution is 2.37. The lowest BCUT2D eigenvalue weighted by Gasteiger charge is -2.14. The Labute approximate surface area is 130 Å². The molecule has 0 spiro atoms. The Bertz CT molecular complexity index is 581. The first-order valence-electron chi connectivity index (χ1n) is 5.34. The van der Waals surface area contributed by atoms with Gasteiger partial charge in [0.2, 0.25) is 0 Å². The number of benzene rings is 2. The van der Waals surface area contributed by atoms with Crippen LogP contribution < -0.4 is 0 Å². The van der Waals surface area contributed by atoms with E-state index in [-0.39, 0.29) is 4.83 Å². The van der Waals surface area contributed by atoms with Gasteiger partial charge in [0.05, 0.1) is 4.83 Å². The van der Waals surface area contributed by atoms with Gasteiger partial charge in [-0.3, -0.25) is 0 Å². The molecule has 0 N–H and O–H groups in total. The third-order valence-electron chi connectivity index (χ3n) is 2.72. The van der Waals surface area contributed by atoms with Crippen molar-refractivity contribution in [3.8, 4) is 0 Å². The molecular formula is C14H10BrCl3. The van der Waals surface area contributed by atoms with Crippen molar-refractivity contribution in [3.05, 3.63) is 68.2 Å². The van der Waals surface area contributed by atoms with E-state index in [1.807, 2.05) is 31.2 Å². The Kier molecular flexibility index (Phi) is 4.60. The number of hydrogen-bond donors (Lipinski definition) is 0. The van der Waals surface area contributed by atoms with E-state index in [1.165, 1.54) is 0 Å². The van der Waals surface area contributed by atoms with E-state index >= 15 is 0 Å². The molecule has 0 saturated heterocycles. The van der Waals surface area contributed by atoms with Gasteiger partial charge in [-0.25, -0.2) is 0 Å². The van der Waals surface area contributed by atoms with Gasteiger partial charge in [-0.15, -0.1) is 0 Å². The second kappa shape index (κ2) is 5.83. The molecule has 0 aliphatic heterocycles. The Morgan fingerprint density at radius 3 is 2.33 bits per heavy atom. The lowest BCUT2D eigenvalue weighted by molar-refractivity contribution is 1.17. The molecule has 94 valence electrons. The average molecular weight is 364 g/mol. The molecule has 2 rings (SSSR count). The largest absolute Gasteiger partial charge is 0.0843 e. The summed E-state index contributed by atoms with van der Waals surface area (Å²) in [5.41, 5.74) is 3.04. The molecule has 1 unspecified atom stereocenters. The van der Waals surface area contributed by atoms with Crippen molar-refractivity contribution in [2.24, 2.45) is 0 Å². The summed E-state index contributed by atoms with van der Waals surface area (Å²) in [5.74, 6) is 0. The first kappa shape index (κ1) is 14.2. The van der Waals surface area contributed by atoms with Crippen molar-refractivity contribution >= 4 is 50.7 Å². The van der Waals surface area contributed by atoms with Crippen LogP contribution in [0.15, 0.2) is 36.4 Å². The molecule has 0 aliphatic rings. The lowest BCUT2D eigenvalue weighted by atomic mass is 10.0. The molecule has 0 fully saturated rings. The minimum atomic E-state index is -0.0261. The van der Waals surface area contributed by atoms with E-state index in [9.17, 15) is 0 Å². The highest BCUT2D eigenvalue weighted by Gasteiger charge is 2.15. The van der Waals surface area contributed by atoms with Crippen molar-refractivity contribution in [2.75, 3.05) is 0 Å². The van der Waals surface area contributed by atoms with Crippen LogP contribution >= 0.6 is 50.7 Å². The van der Waals surface area contributed by atoms with Crippen LogP contribution in [0.3, 0.4) is 0 Å². The highest BCUT2D eigenvalue weighted by molar-refractivity contribution is 9.09. The SMILES string of the molecule is Cc1ccc(C(Br)c2cc(Cl)ccc2Cl)cc1Cl. The molecule has 0 amide bonds. The van der Waals surface area contributed by atoms with Crippen LogP contribution in [0.25, 0.3) is 0 Å². The van der Waals surface area contributed by atoms with Crippen LogP contribution in [0.2, 0.25) is 15.1 Å². The smallest absolute Gasteiger partial charge is 0.0660 e. The van der Waals surface area contributed by atoms with Gasteiger partial charge >= 0.3 is 0 Å². The molecule has 18 heavy (non-hydrogen) atoms. The van der Waals surface area contributed by atoms with E-state index in [0.29, 0.717) is 10.0 Å². The Morgan fingerprint density at radius 2 is 1.67 bits per heavy atom. The molecule has 2 aromatic rings. The third-order valence-corrected chi connectivity index (χ3v) is 4.73. The van der Waals surface area contributed by atoms with Crippen LogP contribution in [0.4, 0.5) is 0 Å². The van der Waals surface area contributed by atoms with Gasteiger partial charge in [0, 0.05) is 15.1 Å². The van der Waals surface area contributed by atoms with E-state index in [0.717, 1.165) is 21.7 Å². The summed E-state index contributed by atoms with van der Waals surface area (Å²) in [4.78, 5) is -0.0261. The van der Waals surface area contributed by atoms with Crippen LogP contribution in [-0.2, 0) is 0 Å². The average Bonchev–Trinajstić information content (AvgIpc) is 2.35. The normalized spacial score (nSPS) is 12.5. The Morgan fingerprint density at radius 1 is 0.944 bits per heavy atom. The molecule has 1 atom stereocenters. The fourth-order valence-electron chi connectivity index (χ4n) is 1.66. The van der Waals surface area contributed by atoms with Crippen molar-refractivity contribution < 1.29 is 0 Å². The van der Waals surface area contributed by atoms with Crippen LogP contribution in [0.1, 0.15) is 21.5 Å².